The number of benzene rings is 1. The Morgan fingerprint density at radius 3 is 2.29 bits per heavy atom. The third-order valence-corrected chi connectivity index (χ3v) is 2.99. The van der Waals surface area contributed by atoms with Gasteiger partial charge in [0.05, 0.1) is 5.56 Å². The van der Waals surface area contributed by atoms with E-state index < -0.39 is 0 Å². The van der Waals surface area contributed by atoms with Gasteiger partial charge < -0.3 is 9.62 Å². The first kappa shape index (κ1) is 11.7. The molecule has 3 nitrogen and oxygen atoms in total. The van der Waals surface area contributed by atoms with Gasteiger partial charge in [0, 0.05) is 13.8 Å². The van der Waals surface area contributed by atoms with E-state index in [2.05, 4.69) is 6.92 Å². The van der Waals surface area contributed by atoms with Gasteiger partial charge in [-0.15, -0.1) is 4.73 Å². The minimum absolute atomic E-state index is 0.378. The van der Waals surface area contributed by atoms with Crippen LogP contribution in [0.5, 0.6) is 0 Å². The summed E-state index contributed by atoms with van der Waals surface area (Å²) in [6.45, 7) is 5.72. The molecule has 0 aliphatic rings. The lowest BCUT2D eigenvalue weighted by molar-refractivity contribution is -0.602. The largest absolute Gasteiger partial charge is 0.616 e. The van der Waals surface area contributed by atoms with Gasteiger partial charge in [-0.05, 0) is 24.1 Å². The summed E-state index contributed by atoms with van der Waals surface area (Å²) in [7, 11) is 0. The summed E-state index contributed by atoms with van der Waals surface area (Å²) >= 11 is 0. The van der Waals surface area contributed by atoms with Gasteiger partial charge in [0.2, 0.25) is 5.69 Å². The van der Waals surface area contributed by atoms with Gasteiger partial charge in [-0.2, -0.15) is 0 Å². The molecule has 0 fully saturated rings. The molecule has 17 heavy (non-hydrogen) atoms. The molecule has 2 rings (SSSR count). The van der Waals surface area contributed by atoms with Crippen molar-refractivity contribution in [3.05, 3.63) is 46.5 Å². The Bertz CT molecular complexity index is 512. The summed E-state index contributed by atoms with van der Waals surface area (Å²) in [4.78, 5) is 0. The Kier molecular flexibility index (Phi) is 3.18. The van der Waals surface area contributed by atoms with Crippen LogP contribution in [0.2, 0.25) is 0 Å². The Labute approximate surface area is 101 Å². The zero-order chi connectivity index (χ0) is 12.4. The number of aromatic nitrogens is 1. The first-order valence-corrected chi connectivity index (χ1v) is 5.92. The molecule has 0 N–H and O–H groups in total. The molecule has 0 aliphatic heterocycles. The van der Waals surface area contributed by atoms with Crippen LogP contribution in [0.15, 0.2) is 28.7 Å². The van der Waals surface area contributed by atoms with E-state index in [0.717, 1.165) is 23.1 Å². The minimum atomic E-state index is 0.378. The Hall–Kier alpha value is -1.77. The highest BCUT2D eigenvalue weighted by Gasteiger charge is 2.19. The van der Waals surface area contributed by atoms with E-state index in [1.807, 2.05) is 24.3 Å². The molecule has 0 saturated carbocycles. The molecular weight excluding hydrogens is 214 g/mol. The quantitative estimate of drug-likeness (QED) is 0.601. The number of hydrogen-bond acceptors (Lipinski definition) is 2. The van der Waals surface area contributed by atoms with Crippen molar-refractivity contribution in [2.24, 2.45) is 0 Å². The summed E-state index contributed by atoms with van der Waals surface area (Å²) in [6.07, 6.45) is 2.19. The van der Waals surface area contributed by atoms with Crippen molar-refractivity contribution in [2.75, 3.05) is 0 Å². The van der Waals surface area contributed by atoms with E-state index in [4.69, 9.17) is 4.42 Å². The van der Waals surface area contributed by atoms with E-state index in [0.29, 0.717) is 17.3 Å². The first-order chi connectivity index (χ1) is 8.13. The van der Waals surface area contributed by atoms with Crippen molar-refractivity contribution in [3.8, 4) is 11.5 Å². The molecule has 0 aliphatic carbocycles. The molecule has 90 valence electrons. The van der Waals surface area contributed by atoms with Crippen LogP contribution in [-0.2, 0) is 6.42 Å². The number of aryl methyl sites for hydroxylation is 2. The lowest BCUT2D eigenvalue weighted by Crippen LogP contribution is -2.29. The SMILES string of the molecule is CCCc1ccc(-c2oc(C)c(C)[n+]2[O-])cc1. The van der Waals surface area contributed by atoms with Crippen molar-refractivity contribution in [1.29, 1.82) is 0 Å². The molecule has 1 aromatic carbocycles. The maximum absolute atomic E-state index is 11.8. The fraction of sp³-hybridized carbons (Fsp3) is 0.357. The van der Waals surface area contributed by atoms with Gasteiger partial charge in [0.25, 0.3) is 0 Å². The van der Waals surface area contributed by atoms with Crippen LogP contribution >= 0.6 is 0 Å². The second-order valence-electron chi connectivity index (χ2n) is 4.29. The Morgan fingerprint density at radius 1 is 1.18 bits per heavy atom. The predicted molar refractivity (Wildman–Crippen MR) is 66.6 cm³/mol. The van der Waals surface area contributed by atoms with E-state index in [1.54, 1.807) is 13.8 Å². The second-order valence-corrected chi connectivity index (χ2v) is 4.29. The van der Waals surface area contributed by atoms with E-state index in [9.17, 15) is 5.21 Å². The third-order valence-electron chi connectivity index (χ3n) is 2.99. The van der Waals surface area contributed by atoms with Gasteiger partial charge in [-0.3, -0.25) is 0 Å². The monoisotopic (exact) mass is 231 g/mol. The molecule has 0 saturated heterocycles. The molecule has 0 radical (unpaired) electrons. The first-order valence-electron chi connectivity index (χ1n) is 5.92. The molecule has 0 amide bonds. The highest BCUT2D eigenvalue weighted by Crippen LogP contribution is 2.20. The Morgan fingerprint density at radius 2 is 1.82 bits per heavy atom. The van der Waals surface area contributed by atoms with Crippen molar-refractivity contribution in [3.63, 3.8) is 0 Å². The molecular formula is C14H17NO2. The summed E-state index contributed by atoms with van der Waals surface area (Å²) in [6, 6.07) is 7.98. The number of nitrogens with zero attached hydrogens (tertiary/aromatic N) is 1. The lowest BCUT2D eigenvalue weighted by atomic mass is 10.1. The van der Waals surface area contributed by atoms with Crippen LogP contribution < -0.4 is 4.73 Å². The zero-order valence-electron chi connectivity index (χ0n) is 10.5. The average molecular weight is 231 g/mol. The maximum Gasteiger partial charge on any atom is 0.392 e. The second kappa shape index (κ2) is 4.62. The topological polar surface area (TPSA) is 40.1 Å². The van der Waals surface area contributed by atoms with Crippen LogP contribution in [0.1, 0.15) is 30.4 Å². The Balaban J connectivity index is 2.36. The molecule has 2 aromatic rings. The highest BCUT2D eigenvalue weighted by atomic mass is 16.5. The van der Waals surface area contributed by atoms with Crippen molar-refractivity contribution in [1.82, 2.24) is 0 Å². The molecule has 0 spiro atoms. The van der Waals surface area contributed by atoms with Crippen LogP contribution in [-0.4, -0.2) is 0 Å². The number of rotatable bonds is 3. The zero-order valence-corrected chi connectivity index (χ0v) is 10.5. The average Bonchev–Trinajstić information content (AvgIpc) is 2.59. The molecule has 1 heterocycles. The van der Waals surface area contributed by atoms with Gasteiger partial charge >= 0.3 is 5.89 Å². The van der Waals surface area contributed by atoms with Crippen LogP contribution in [0.4, 0.5) is 0 Å². The fourth-order valence-corrected chi connectivity index (χ4v) is 1.83. The van der Waals surface area contributed by atoms with Crippen molar-refractivity contribution >= 4 is 0 Å². The van der Waals surface area contributed by atoms with Crippen LogP contribution in [0, 0.1) is 19.1 Å². The molecule has 3 heteroatoms. The molecule has 0 bridgehead atoms. The smallest absolute Gasteiger partial charge is 0.392 e. The van der Waals surface area contributed by atoms with Gasteiger partial charge in [-0.25, -0.2) is 0 Å². The normalized spacial score (nSPS) is 10.8. The lowest BCUT2D eigenvalue weighted by Gasteiger charge is -2.00. The standard InChI is InChI=1S/C14H17NO2/c1-4-5-12-6-8-13(9-7-12)14-15(16)10(2)11(3)17-14/h6-9H,4-5H2,1-3H3. The van der Waals surface area contributed by atoms with E-state index >= 15 is 0 Å². The van der Waals surface area contributed by atoms with Crippen LogP contribution in [0.3, 0.4) is 0 Å². The van der Waals surface area contributed by atoms with Crippen molar-refractivity contribution in [2.45, 2.75) is 33.6 Å². The minimum Gasteiger partial charge on any atom is -0.616 e. The summed E-state index contributed by atoms with van der Waals surface area (Å²) in [5.74, 6) is 1.05. The molecule has 1 aromatic heterocycles. The number of hydrogen-bond donors (Lipinski definition) is 0. The van der Waals surface area contributed by atoms with Gasteiger partial charge in [0.1, 0.15) is 0 Å². The summed E-state index contributed by atoms with van der Waals surface area (Å²) in [5, 5.41) is 11.8. The van der Waals surface area contributed by atoms with Gasteiger partial charge in [0.15, 0.2) is 5.76 Å². The van der Waals surface area contributed by atoms with E-state index in [1.165, 1.54) is 5.56 Å². The molecule has 0 atom stereocenters. The summed E-state index contributed by atoms with van der Waals surface area (Å²) in [5.41, 5.74) is 2.74. The van der Waals surface area contributed by atoms with E-state index in [-0.39, 0.29) is 0 Å². The van der Waals surface area contributed by atoms with Gasteiger partial charge in [-0.1, -0.05) is 25.5 Å². The predicted octanol–water partition coefficient (Wildman–Crippen LogP) is 3.15. The highest BCUT2D eigenvalue weighted by molar-refractivity contribution is 5.51. The summed E-state index contributed by atoms with van der Waals surface area (Å²) < 4.78 is 6.33. The fourth-order valence-electron chi connectivity index (χ4n) is 1.83. The van der Waals surface area contributed by atoms with Crippen LogP contribution in [0.25, 0.3) is 11.5 Å². The third kappa shape index (κ3) is 2.18. The molecule has 0 unspecified atom stereocenters. The van der Waals surface area contributed by atoms with Crippen molar-refractivity contribution < 1.29 is 9.15 Å². The number of oxazole rings is 1. The maximum atomic E-state index is 11.8.